The van der Waals surface area contributed by atoms with Crippen LogP contribution in [0, 0.1) is 0 Å². The molecule has 1 aromatic rings. The smallest absolute Gasteiger partial charge is 0.0352 e. The van der Waals surface area contributed by atoms with E-state index in [9.17, 15) is 0 Å². The van der Waals surface area contributed by atoms with Crippen molar-refractivity contribution in [1.29, 1.82) is 0 Å². The van der Waals surface area contributed by atoms with Crippen LogP contribution in [0.15, 0.2) is 18.2 Å². The maximum atomic E-state index is 6.36. The van der Waals surface area contributed by atoms with Crippen molar-refractivity contribution in [2.24, 2.45) is 0 Å². The second-order valence-corrected chi connectivity index (χ2v) is 6.52. The first kappa shape index (κ1) is 13.0. The van der Waals surface area contributed by atoms with Crippen molar-refractivity contribution in [3.8, 4) is 0 Å². The normalized spacial score (nSPS) is 22.5. The standard InChI is InChI=1S/C18H27N/c19-17-13-7-12-16(14-8-3-1-4-9-14)18(17)15-10-5-2-6-11-15/h7,12-15H,1-6,8-11,19H2. The van der Waals surface area contributed by atoms with Crippen molar-refractivity contribution in [1.82, 2.24) is 0 Å². The van der Waals surface area contributed by atoms with Crippen LogP contribution >= 0.6 is 0 Å². The Labute approximate surface area is 117 Å². The summed E-state index contributed by atoms with van der Waals surface area (Å²) in [5.74, 6) is 1.53. The average Bonchev–Trinajstić information content (AvgIpc) is 2.49. The van der Waals surface area contributed by atoms with Gasteiger partial charge in [0, 0.05) is 5.69 Å². The molecule has 2 fully saturated rings. The Morgan fingerprint density at radius 1 is 0.737 bits per heavy atom. The molecule has 0 radical (unpaired) electrons. The van der Waals surface area contributed by atoms with E-state index in [0.29, 0.717) is 0 Å². The van der Waals surface area contributed by atoms with Crippen molar-refractivity contribution in [2.75, 3.05) is 5.73 Å². The zero-order chi connectivity index (χ0) is 13.1. The van der Waals surface area contributed by atoms with E-state index in [1.165, 1.54) is 69.8 Å². The first-order valence-corrected chi connectivity index (χ1v) is 8.24. The number of nitrogen functional groups attached to an aromatic ring is 1. The molecular weight excluding hydrogens is 230 g/mol. The zero-order valence-corrected chi connectivity index (χ0v) is 12.0. The van der Waals surface area contributed by atoms with E-state index in [0.717, 1.165) is 17.5 Å². The maximum Gasteiger partial charge on any atom is 0.0352 e. The van der Waals surface area contributed by atoms with E-state index in [1.54, 1.807) is 5.56 Å². The Kier molecular flexibility index (Phi) is 4.10. The highest BCUT2D eigenvalue weighted by Crippen LogP contribution is 2.43. The molecule has 19 heavy (non-hydrogen) atoms. The number of rotatable bonds is 2. The Balaban J connectivity index is 1.91. The molecular formula is C18H27N. The molecule has 1 nitrogen and oxygen atoms in total. The minimum atomic E-state index is 0.742. The molecule has 2 N–H and O–H groups in total. The average molecular weight is 257 g/mol. The Hall–Kier alpha value is -0.980. The number of benzene rings is 1. The largest absolute Gasteiger partial charge is 0.398 e. The fourth-order valence-electron chi connectivity index (χ4n) is 4.23. The molecule has 0 heterocycles. The Bertz CT molecular complexity index is 412. The molecule has 0 amide bonds. The summed E-state index contributed by atoms with van der Waals surface area (Å²) >= 11 is 0. The van der Waals surface area contributed by atoms with Crippen LogP contribution in [0.2, 0.25) is 0 Å². The topological polar surface area (TPSA) is 26.0 Å². The lowest BCUT2D eigenvalue weighted by Gasteiger charge is -2.30. The van der Waals surface area contributed by atoms with Gasteiger partial charge in [-0.05, 0) is 54.7 Å². The molecule has 2 saturated carbocycles. The van der Waals surface area contributed by atoms with Crippen molar-refractivity contribution in [3.05, 3.63) is 29.3 Å². The second-order valence-electron chi connectivity index (χ2n) is 6.52. The van der Waals surface area contributed by atoms with Crippen LogP contribution in [-0.2, 0) is 0 Å². The van der Waals surface area contributed by atoms with Gasteiger partial charge in [0.1, 0.15) is 0 Å². The first-order chi connectivity index (χ1) is 9.36. The fraction of sp³-hybridized carbons (Fsp3) is 0.667. The van der Waals surface area contributed by atoms with Crippen LogP contribution in [0.3, 0.4) is 0 Å². The highest BCUT2D eigenvalue weighted by atomic mass is 14.6. The van der Waals surface area contributed by atoms with Gasteiger partial charge in [-0.1, -0.05) is 50.7 Å². The van der Waals surface area contributed by atoms with E-state index in [1.807, 2.05) is 0 Å². The minimum absolute atomic E-state index is 0.742. The fourth-order valence-corrected chi connectivity index (χ4v) is 4.23. The summed E-state index contributed by atoms with van der Waals surface area (Å²) in [7, 11) is 0. The van der Waals surface area contributed by atoms with Gasteiger partial charge in [-0.15, -0.1) is 0 Å². The van der Waals surface area contributed by atoms with Gasteiger partial charge in [-0.2, -0.15) is 0 Å². The number of anilines is 1. The highest BCUT2D eigenvalue weighted by Gasteiger charge is 2.25. The van der Waals surface area contributed by atoms with E-state index in [2.05, 4.69) is 18.2 Å². The SMILES string of the molecule is Nc1cccc(C2CCCCC2)c1C1CCCCC1. The van der Waals surface area contributed by atoms with Crippen LogP contribution in [0.4, 0.5) is 5.69 Å². The third-order valence-electron chi connectivity index (χ3n) is 5.23. The molecule has 0 spiro atoms. The molecule has 2 aliphatic carbocycles. The summed E-state index contributed by atoms with van der Waals surface area (Å²) in [5.41, 5.74) is 10.6. The van der Waals surface area contributed by atoms with Crippen LogP contribution < -0.4 is 5.73 Å². The van der Waals surface area contributed by atoms with Crippen molar-refractivity contribution in [2.45, 2.75) is 76.0 Å². The lowest BCUT2D eigenvalue weighted by atomic mass is 9.75. The van der Waals surface area contributed by atoms with Gasteiger partial charge in [0.2, 0.25) is 0 Å². The lowest BCUT2D eigenvalue weighted by Crippen LogP contribution is -2.14. The van der Waals surface area contributed by atoms with Gasteiger partial charge in [0.25, 0.3) is 0 Å². The first-order valence-electron chi connectivity index (χ1n) is 8.24. The second kappa shape index (κ2) is 5.98. The molecule has 104 valence electrons. The van der Waals surface area contributed by atoms with E-state index >= 15 is 0 Å². The molecule has 2 aliphatic rings. The van der Waals surface area contributed by atoms with E-state index in [4.69, 9.17) is 5.73 Å². The van der Waals surface area contributed by atoms with Crippen LogP contribution in [-0.4, -0.2) is 0 Å². The summed E-state index contributed by atoms with van der Waals surface area (Å²) in [6.45, 7) is 0. The van der Waals surface area contributed by atoms with Gasteiger partial charge in [-0.3, -0.25) is 0 Å². The molecule has 3 rings (SSSR count). The monoisotopic (exact) mass is 257 g/mol. The van der Waals surface area contributed by atoms with Gasteiger partial charge in [0.05, 0.1) is 0 Å². The van der Waals surface area contributed by atoms with Crippen LogP contribution in [0.5, 0.6) is 0 Å². The number of nitrogens with two attached hydrogens (primary N) is 1. The number of hydrogen-bond acceptors (Lipinski definition) is 1. The van der Waals surface area contributed by atoms with Crippen molar-refractivity contribution < 1.29 is 0 Å². The zero-order valence-electron chi connectivity index (χ0n) is 12.0. The van der Waals surface area contributed by atoms with Crippen molar-refractivity contribution >= 4 is 5.69 Å². The molecule has 0 unspecified atom stereocenters. The highest BCUT2D eigenvalue weighted by molar-refractivity contribution is 5.54. The summed E-state index contributed by atoms with van der Waals surface area (Å²) in [6.07, 6.45) is 13.9. The minimum Gasteiger partial charge on any atom is -0.398 e. The predicted molar refractivity (Wildman–Crippen MR) is 82.5 cm³/mol. The molecule has 0 bridgehead atoms. The molecule has 0 saturated heterocycles. The summed E-state index contributed by atoms with van der Waals surface area (Å²) in [4.78, 5) is 0. The summed E-state index contributed by atoms with van der Waals surface area (Å²) in [6, 6.07) is 6.66. The summed E-state index contributed by atoms with van der Waals surface area (Å²) in [5, 5.41) is 0. The van der Waals surface area contributed by atoms with Gasteiger partial charge >= 0.3 is 0 Å². The molecule has 1 heteroatoms. The third-order valence-corrected chi connectivity index (χ3v) is 5.23. The van der Waals surface area contributed by atoms with Crippen LogP contribution in [0.25, 0.3) is 0 Å². The summed E-state index contributed by atoms with van der Waals surface area (Å²) < 4.78 is 0. The molecule has 0 atom stereocenters. The van der Waals surface area contributed by atoms with Crippen molar-refractivity contribution in [3.63, 3.8) is 0 Å². The maximum absolute atomic E-state index is 6.36. The lowest BCUT2D eigenvalue weighted by molar-refractivity contribution is 0.419. The quantitative estimate of drug-likeness (QED) is 0.709. The van der Waals surface area contributed by atoms with E-state index < -0.39 is 0 Å². The molecule has 0 aromatic heterocycles. The predicted octanol–water partition coefficient (Wildman–Crippen LogP) is 5.36. The molecule has 0 aliphatic heterocycles. The Morgan fingerprint density at radius 3 is 1.95 bits per heavy atom. The Morgan fingerprint density at radius 2 is 1.32 bits per heavy atom. The number of hydrogen-bond donors (Lipinski definition) is 1. The van der Waals surface area contributed by atoms with Gasteiger partial charge in [-0.25, -0.2) is 0 Å². The van der Waals surface area contributed by atoms with E-state index in [-0.39, 0.29) is 0 Å². The van der Waals surface area contributed by atoms with Gasteiger partial charge < -0.3 is 5.73 Å². The third kappa shape index (κ3) is 2.80. The van der Waals surface area contributed by atoms with Gasteiger partial charge in [0.15, 0.2) is 0 Å². The van der Waals surface area contributed by atoms with Crippen LogP contribution in [0.1, 0.15) is 87.2 Å². The molecule has 1 aromatic carbocycles.